The van der Waals surface area contributed by atoms with E-state index in [2.05, 4.69) is 52.0 Å². The number of nitrogens with zero attached hydrogens (tertiary/aromatic N) is 2. The smallest absolute Gasteiger partial charge is 0.274 e. The maximum Gasteiger partial charge on any atom is 0.274 e. The molecule has 0 bridgehead atoms. The van der Waals surface area contributed by atoms with Crippen LogP contribution in [0.15, 0.2) is 30.3 Å². The number of rotatable bonds is 4. The number of piperazine rings is 1. The van der Waals surface area contributed by atoms with Gasteiger partial charge in [-0.25, -0.2) is 0 Å². The van der Waals surface area contributed by atoms with E-state index in [-0.39, 0.29) is 11.9 Å². The fourth-order valence-corrected chi connectivity index (χ4v) is 3.94. The Hall–Kier alpha value is -2.18. The summed E-state index contributed by atoms with van der Waals surface area (Å²) >= 11 is 0. The molecule has 6 nitrogen and oxygen atoms in total. The monoisotopic (exact) mass is 353 g/mol. The van der Waals surface area contributed by atoms with E-state index < -0.39 is 0 Å². The van der Waals surface area contributed by atoms with Crippen LogP contribution < -0.4 is 10.6 Å². The largest absolute Gasteiger partial charge is 0.328 e. The number of hydrogen-bond donors (Lipinski definition) is 3. The summed E-state index contributed by atoms with van der Waals surface area (Å²) in [5.41, 5.74) is 4.09. The van der Waals surface area contributed by atoms with Gasteiger partial charge in [0.1, 0.15) is 5.69 Å². The van der Waals surface area contributed by atoms with Crippen molar-refractivity contribution >= 4 is 5.91 Å². The van der Waals surface area contributed by atoms with Crippen molar-refractivity contribution in [3.63, 3.8) is 0 Å². The molecule has 138 valence electrons. The molecule has 3 heterocycles. The second-order valence-corrected chi connectivity index (χ2v) is 7.21. The van der Waals surface area contributed by atoms with Crippen molar-refractivity contribution in [2.75, 3.05) is 32.7 Å². The summed E-state index contributed by atoms with van der Waals surface area (Å²) in [4.78, 5) is 15.1. The molecule has 0 radical (unpaired) electrons. The summed E-state index contributed by atoms with van der Waals surface area (Å²) in [6.07, 6.45) is 2.12. The Bertz CT molecular complexity index is 748. The topological polar surface area (TPSA) is 73.1 Å². The molecule has 4 rings (SSSR count). The van der Waals surface area contributed by atoms with Crippen LogP contribution in [-0.4, -0.2) is 53.7 Å². The van der Waals surface area contributed by atoms with Crippen LogP contribution in [0.5, 0.6) is 0 Å². The molecule has 0 spiro atoms. The summed E-state index contributed by atoms with van der Waals surface area (Å²) in [5.74, 6) is 0.453. The molecule has 2 fully saturated rings. The lowest BCUT2D eigenvalue weighted by Gasteiger charge is -2.36. The van der Waals surface area contributed by atoms with Gasteiger partial charge in [-0.15, -0.1) is 0 Å². The number of aromatic nitrogens is 2. The zero-order valence-electron chi connectivity index (χ0n) is 15.3. The highest BCUT2D eigenvalue weighted by Crippen LogP contribution is 2.26. The zero-order chi connectivity index (χ0) is 17.9. The predicted octanol–water partition coefficient (Wildman–Crippen LogP) is 1.84. The molecule has 2 unspecified atom stereocenters. The number of carbonyl (C=O) groups excluding carboxylic acids is 1. The van der Waals surface area contributed by atoms with Crippen molar-refractivity contribution in [3.8, 4) is 0 Å². The van der Waals surface area contributed by atoms with Gasteiger partial charge in [-0.2, -0.15) is 5.10 Å². The SMILES string of the molecule is CCc1ccc(C2CNCCN2C(=O)c2cc(C3CCNC3)[nH]n2)cc1. The first-order chi connectivity index (χ1) is 12.8. The average Bonchev–Trinajstić information content (AvgIpc) is 3.39. The quantitative estimate of drug-likeness (QED) is 0.784. The highest BCUT2D eigenvalue weighted by Gasteiger charge is 2.30. The molecular formula is C20H27N5O. The second kappa shape index (κ2) is 7.60. The molecule has 1 amide bonds. The van der Waals surface area contributed by atoms with Crippen molar-refractivity contribution in [2.24, 2.45) is 0 Å². The van der Waals surface area contributed by atoms with Crippen LogP contribution in [0.25, 0.3) is 0 Å². The molecule has 2 aliphatic rings. The third-order valence-electron chi connectivity index (χ3n) is 5.59. The van der Waals surface area contributed by atoms with Gasteiger partial charge in [0.15, 0.2) is 0 Å². The maximum atomic E-state index is 13.1. The average molecular weight is 353 g/mol. The minimum atomic E-state index is 0.0181. The Morgan fingerprint density at radius 3 is 2.73 bits per heavy atom. The molecule has 0 aliphatic carbocycles. The Labute approximate surface area is 154 Å². The minimum Gasteiger partial charge on any atom is -0.328 e. The third kappa shape index (κ3) is 3.39. The highest BCUT2D eigenvalue weighted by molar-refractivity contribution is 5.92. The summed E-state index contributed by atoms with van der Waals surface area (Å²) in [6.45, 7) is 6.44. The van der Waals surface area contributed by atoms with E-state index in [1.165, 1.54) is 11.1 Å². The number of aryl methyl sites for hydroxylation is 1. The number of hydrogen-bond acceptors (Lipinski definition) is 4. The molecule has 1 aromatic carbocycles. The third-order valence-corrected chi connectivity index (χ3v) is 5.59. The van der Waals surface area contributed by atoms with E-state index in [0.29, 0.717) is 18.2 Å². The lowest BCUT2D eigenvalue weighted by molar-refractivity contribution is 0.0628. The van der Waals surface area contributed by atoms with Crippen LogP contribution in [0, 0.1) is 0 Å². The minimum absolute atomic E-state index is 0.0181. The van der Waals surface area contributed by atoms with Crippen molar-refractivity contribution in [1.29, 1.82) is 0 Å². The van der Waals surface area contributed by atoms with Crippen LogP contribution >= 0.6 is 0 Å². The van der Waals surface area contributed by atoms with Gasteiger partial charge >= 0.3 is 0 Å². The van der Waals surface area contributed by atoms with E-state index in [1.54, 1.807) is 0 Å². The van der Waals surface area contributed by atoms with Crippen LogP contribution in [0.3, 0.4) is 0 Å². The molecule has 3 N–H and O–H groups in total. The normalized spacial score (nSPS) is 23.3. The molecule has 0 saturated carbocycles. The maximum absolute atomic E-state index is 13.1. The molecule has 2 saturated heterocycles. The van der Waals surface area contributed by atoms with E-state index >= 15 is 0 Å². The van der Waals surface area contributed by atoms with Crippen LogP contribution in [0.2, 0.25) is 0 Å². The van der Waals surface area contributed by atoms with E-state index in [9.17, 15) is 4.79 Å². The number of aromatic amines is 1. The number of amides is 1. The molecule has 6 heteroatoms. The number of benzene rings is 1. The van der Waals surface area contributed by atoms with Gasteiger partial charge in [-0.3, -0.25) is 9.89 Å². The Morgan fingerprint density at radius 2 is 2.00 bits per heavy atom. The van der Waals surface area contributed by atoms with Crippen molar-refractivity contribution in [3.05, 3.63) is 52.8 Å². The molecule has 2 aromatic rings. The second-order valence-electron chi connectivity index (χ2n) is 7.21. The summed E-state index contributed by atoms with van der Waals surface area (Å²) in [7, 11) is 0. The van der Waals surface area contributed by atoms with Crippen LogP contribution in [0.4, 0.5) is 0 Å². The standard InChI is InChI=1S/C20H27N5O/c1-2-14-3-5-15(6-4-14)19-13-22-9-10-25(19)20(26)18-11-17(23-24-18)16-7-8-21-12-16/h3-6,11,16,19,21-22H,2,7-10,12-13H2,1H3,(H,23,24). The van der Waals surface area contributed by atoms with E-state index in [1.807, 2.05) is 11.0 Å². The first kappa shape index (κ1) is 17.2. The molecule has 2 aliphatic heterocycles. The first-order valence-electron chi connectivity index (χ1n) is 9.63. The van der Waals surface area contributed by atoms with E-state index in [4.69, 9.17) is 0 Å². The number of nitrogens with one attached hydrogen (secondary N) is 3. The zero-order valence-corrected chi connectivity index (χ0v) is 15.3. The van der Waals surface area contributed by atoms with E-state index in [0.717, 1.165) is 44.7 Å². The van der Waals surface area contributed by atoms with Crippen molar-refractivity contribution in [2.45, 2.75) is 31.7 Å². The van der Waals surface area contributed by atoms with Crippen molar-refractivity contribution in [1.82, 2.24) is 25.7 Å². The van der Waals surface area contributed by atoms with Gasteiger partial charge in [0.25, 0.3) is 5.91 Å². The van der Waals surface area contributed by atoms with Gasteiger partial charge < -0.3 is 15.5 Å². The molecule has 2 atom stereocenters. The summed E-state index contributed by atoms with van der Waals surface area (Å²) < 4.78 is 0. The predicted molar refractivity (Wildman–Crippen MR) is 101 cm³/mol. The highest BCUT2D eigenvalue weighted by atomic mass is 16.2. The lowest BCUT2D eigenvalue weighted by Crippen LogP contribution is -2.48. The Balaban J connectivity index is 1.54. The number of H-pyrrole nitrogens is 1. The van der Waals surface area contributed by atoms with Crippen molar-refractivity contribution < 1.29 is 4.79 Å². The fraction of sp³-hybridized carbons (Fsp3) is 0.500. The van der Waals surface area contributed by atoms with Crippen LogP contribution in [-0.2, 0) is 6.42 Å². The lowest BCUT2D eigenvalue weighted by atomic mass is 10.00. The summed E-state index contributed by atoms with van der Waals surface area (Å²) in [5, 5.41) is 14.2. The Kier molecular flexibility index (Phi) is 5.04. The van der Waals surface area contributed by atoms with Gasteiger partial charge in [0, 0.05) is 37.8 Å². The van der Waals surface area contributed by atoms with Gasteiger partial charge in [0.2, 0.25) is 0 Å². The van der Waals surface area contributed by atoms with Gasteiger partial charge in [0.05, 0.1) is 6.04 Å². The number of carbonyl (C=O) groups is 1. The Morgan fingerprint density at radius 1 is 1.19 bits per heavy atom. The van der Waals surface area contributed by atoms with Gasteiger partial charge in [-0.1, -0.05) is 31.2 Å². The van der Waals surface area contributed by atoms with Gasteiger partial charge in [-0.05, 0) is 36.6 Å². The molecule has 1 aromatic heterocycles. The van der Waals surface area contributed by atoms with Crippen LogP contribution in [0.1, 0.15) is 52.6 Å². The fourth-order valence-electron chi connectivity index (χ4n) is 3.94. The molecule has 26 heavy (non-hydrogen) atoms. The summed E-state index contributed by atoms with van der Waals surface area (Å²) in [6, 6.07) is 10.6. The molecular weight excluding hydrogens is 326 g/mol. The first-order valence-corrected chi connectivity index (χ1v) is 9.63.